The van der Waals surface area contributed by atoms with E-state index in [2.05, 4.69) is 20.5 Å². The maximum Gasteiger partial charge on any atom is 0.318 e. The summed E-state index contributed by atoms with van der Waals surface area (Å²) in [6.07, 6.45) is 6.45. The highest BCUT2D eigenvalue weighted by atomic mass is 19.1. The fourth-order valence-corrected chi connectivity index (χ4v) is 3.56. The number of aromatic nitrogens is 4. The Bertz CT molecular complexity index is 1230. The van der Waals surface area contributed by atoms with Gasteiger partial charge >= 0.3 is 11.1 Å². The minimum atomic E-state index is -0.752. The van der Waals surface area contributed by atoms with Crippen molar-refractivity contribution >= 4 is 23.3 Å². The molecule has 1 saturated carbocycles. The molecule has 0 amide bonds. The molecule has 0 unspecified atom stereocenters. The first kappa shape index (κ1) is 18.8. The number of phenols is 1. The number of benzene rings is 1. The van der Waals surface area contributed by atoms with Crippen molar-refractivity contribution in [1.82, 2.24) is 19.1 Å². The van der Waals surface area contributed by atoms with Crippen LogP contribution in [0.1, 0.15) is 37.3 Å². The summed E-state index contributed by atoms with van der Waals surface area (Å²) in [5.74, 6) is -1.06. The second-order valence-electron chi connectivity index (χ2n) is 6.96. The Kier molecular flexibility index (Phi) is 4.83. The highest BCUT2D eigenvalue weighted by Crippen LogP contribution is 2.29. The fraction of sp³-hybridized carbons (Fsp3) is 0.316. The number of fused-ring (bicyclic) bond motifs is 1. The number of aryl methyl sites for hydroxylation is 1. The topological polar surface area (TPSA) is 114 Å². The van der Waals surface area contributed by atoms with Gasteiger partial charge in [0.15, 0.2) is 17.2 Å². The lowest BCUT2D eigenvalue weighted by Gasteiger charge is -2.17. The molecule has 1 aliphatic rings. The summed E-state index contributed by atoms with van der Waals surface area (Å²) in [5.41, 5.74) is 2.70. The second-order valence-corrected chi connectivity index (χ2v) is 6.96. The Morgan fingerprint density at radius 3 is 2.76 bits per heavy atom. The lowest BCUT2D eigenvalue weighted by Crippen LogP contribution is -2.42. The van der Waals surface area contributed by atoms with Crippen LogP contribution in [0.25, 0.3) is 11.2 Å². The van der Waals surface area contributed by atoms with E-state index in [1.807, 2.05) is 0 Å². The van der Waals surface area contributed by atoms with Gasteiger partial charge in [-0.15, -0.1) is 0 Å². The van der Waals surface area contributed by atoms with Gasteiger partial charge in [-0.25, -0.2) is 14.8 Å². The first-order valence-electron chi connectivity index (χ1n) is 9.21. The zero-order chi connectivity index (χ0) is 20.5. The molecule has 4 rings (SSSR count). The Labute approximate surface area is 164 Å². The van der Waals surface area contributed by atoms with Crippen molar-refractivity contribution < 1.29 is 9.50 Å². The SMILES string of the molecule is Cn1c(=O)c(=O)n(C2CCCC2)c2nc(N/N=C/c3ccc(O)c(F)c3)ncc21. The minimum Gasteiger partial charge on any atom is -0.505 e. The maximum atomic E-state index is 13.4. The quantitative estimate of drug-likeness (QED) is 0.394. The molecule has 2 heterocycles. The summed E-state index contributed by atoms with van der Waals surface area (Å²) in [6.45, 7) is 0. The molecule has 0 bridgehead atoms. The van der Waals surface area contributed by atoms with Crippen LogP contribution in [-0.2, 0) is 7.05 Å². The van der Waals surface area contributed by atoms with Crippen molar-refractivity contribution in [1.29, 1.82) is 0 Å². The van der Waals surface area contributed by atoms with E-state index in [9.17, 15) is 19.1 Å². The van der Waals surface area contributed by atoms with E-state index in [1.54, 1.807) is 0 Å². The number of phenolic OH excluding ortho intramolecular Hbond substituents is 1. The van der Waals surface area contributed by atoms with Gasteiger partial charge in [-0.2, -0.15) is 10.1 Å². The van der Waals surface area contributed by atoms with Gasteiger partial charge in [-0.05, 0) is 36.6 Å². The van der Waals surface area contributed by atoms with Crippen LogP contribution in [0, 0.1) is 5.82 Å². The molecule has 1 aromatic carbocycles. The van der Waals surface area contributed by atoms with Gasteiger partial charge < -0.3 is 9.67 Å². The average Bonchev–Trinajstić information content (AvgIpc) is 3.23. The molecule has 0 spiro atoms. The number of halogens is 1. The van der Waals surface area contributed by atoms with E-state index in [4.69, 9.17) is 0 Å². The Balaban J connectivity index is 1.71. The normalized spacial score (nSPS) is 14.8. The van der Waals surface area contributed by atoms with E-state index < -0.39 is 22.7 Å². The number of rotatable bonds is 4. The van der Waals surface area contributed by atoms with Crippen molar-refractivity contribution in [2.45, 2.75) is 31.7 Å². The second kappa shape index (κ2) is 7.46. The summed E-state index contributed by atoms with van der Waals surface area (Å²) in [7, 11) is 1.51. The summed E-state index contributed by atoms with van der Waals surface area (Å²) in [5, 5.41) is 13.2. The monoisotopic (exact) mass is 398 g/mol. The Hall–Kier alpha value is -3.56. The van der Waals surface area contributed by atoms with E-state index in [1.165, 1.54) is 40.7 Å². The van der Waals surface area contributed by atoms with Crippen LogP contribution in [0.5, 0.6) is 5.75 Å². The largest absolute Gasteiger partial charge is 0.505 e. The third-order valence-corrected chi connectivity index (χ3v) is 5.09. The molecule has 10 heteroatoms. The molecule has 0 radical (unpaired) electrons. The standard InChI is InChI=1S/C19H19FN6O3/c1-25-14-10-21-19(24-22-9-11-6-7-15(27)13(20)8-11)23-16(14)26(18(29)17(25)28)12-4-2-3-5-12/h6-10,12,27H,2-5H2,1H3,(H,21,23,24)/b22-9+. The molecule has 0 atom stereocenters. The van der Waals surface area contributed by atoms with Crippen LogP contribution in [0.4, 0.5) is 10.3 Å². The number of hydrogen-bond donors (Lipinski definition) is 2. The average molecular weight is 398 g/mol. The van der Waals surface area contributed by atoms with E-state index in [-0.39, 0.29) is 12.0 Å². The zero-order valence-corrected chi connectivity index (χ0v) is 15.7. The number of anilines is 1. The number of nitrogens with one attached hydrogen (secondary N) is 1. The van der Waals surface area contributed by atoms with Gasteiger partial charge in [0.1, 0.15) is 5.52 Å². The predicted octanol–water partition coefficient (Wildman–Crippen LogP) is 1.90. The highest BCUT2D eigenvalue weighted by Gasteiger charge is 2.23. The van der Waals surface area contributed by atoms with Crippen molar-refractivity contribution in [2.75, 3.05) is 5.43 Å². The van der Waals surface area contributed by atoms with E-state index in [0.29, 0.717) is 16.7 Å². The van der Waals surface area contributed by atoms with Crippen LogP contribution in [0.2, 0.25) is 0 Å². The third kappa shape index (κ3) is 3.48. The number of hydrogen-bond acceptors (Lipinski definition) is 7. The first-order valence-corrected chi connectivity index (χ1v) is 9.21. The molecule has 150 valence electrons. The fourth-order valence-electron chi connectivity index (χ4n) is 3.56. The molecular formula is C19H19FN6O3. The molecule has 29 heavy (non-hydrogen) atoms. The molecule has 0 saturated heterocycles. The van der Waals surface area contributed by atoms with Gasteiger partial charge in [0.2, 0.25) is 5.95 Å². The predicted molar refractivity (Wildman–Crippen MR) is 106 cm³/mol. The van der Waals surface area contributed by atoms with Gasteiger partial charge in [-0.3, -0.25) is 14.2 Å². The van der Waals surface area contributed by atoms with Crippen LogP contribution in [0.15, 0.2) is 39.1 Å². The molecule has 3 aromatic rings. The molecule has 2 N–H and O–H groups in total. The molecule has 2 aromatic heterocycles. The Morgan fingerprint density at radius 1 is 1.28 bits per heavy atom. The van der Waals surface area contributed by atoms with E-state index >= 15 is 0 Å². The summed E-state index contributed by atoms with van der Waals surface area (Å²) in [6, 6.07) is 3.79. The molecule has 0 aliphatic heterocycles. The molecule has 1 aliphatic carbocycles. The van der Waals surface area contributed by atoms with Crippen LogP contribution >= 0.6 is 0 Å². The van der Waals surface area contributed by atoms with Crippen LogP contribution in [0.3, 0.4) is 0 Å². The molecule has 9 nitrogen and oxygen atoms in total. The molecular weight excluding hydrogens is 379 g/mol. The number of hydrazone groups is 1. The van der Waals surface area contributed by atoms with Gasteiger partial charge in [0, 0.05) is 13.1 Å². The zero-order valence-electron chi connectivity index (χ0n) is 15.7. The smallest absolute Gasteiger partial charge is 0.318 e. The number of nitrogens with zero attached hydrogens (tertiary/aromatic N) is 5. The minimum absolute atomic E-state index is 0.0647. The summed E-state index contributed by atoms with van der Waals surface area (Å²) >= 11 is 0. The van der Waals surface area contributed by atoms with Gasteiger partial charge in [-0.1, -0.05) is 12.8 Å². The van der Waals surface area contributed by atoms with Crippen molar-refractivity contribution in [3.63, 3.8) is 0 Å². The third-order valence-electron chi connectivity index (χ3n) is 5.09. The summed E-state index contributed by atoms with van der Waals surface area (Å²) in [4.78, 5) is 33.5. The van der Waals surface area contributed by atoms with Gasteiger partial charge in [0.05, 0.1) is 12.4 Å². The lowest BCUT2D eigenvalue weighted by atomic mass is 10.2. The lowest BCUT2D eigenvalue weighted by molar-refractivity contribution is 0.432. The van der Waals surface area contributed by atoms with Crippen LogP contribution in [-0.4, -0.2) is 30.4 Å². The Morgan fingerprint density at radius 2 is 2.03 bits per heavy atom. The maximum absolute atomic E-state index is 13.4. The molecule has 1 fully saturated rings. The highest BCUT2D eigenvalue weighted by molar-refractivity contribution is 5.80. The van der Waals surface area contributed by atoms with Crippen molar-refractivity contribution in [3.8, 4) is 5.75 Å². The van der Waals surface area contributed by atoms with Crippen molar-refractivity contribution in [2.24, 2.45) is 12.1 Å². The summed E-state index contributed by atoms with van der Waals surface area (Å²) < 4.78 is 16.1. The van der Waals surface area contributed by atoms with E-state index in [0.717, 1.165) is 31.7 Å². The number of aromatic hydroxyl groups is 1. The van der Waals surface area contributed by atoms with Crippen molar-refractivity contribution in [3.05, 3.63) is 56.5 Å². The van der Waals surface area contributed by atoms with Gasteiger partial charge in [0.25, 0.3) is 0 Å². The van der Waals surface area contributed by atoms with Crippen LogP contribution < -0.4 is 16.5 Å². The first-order chi connectivity index (χ1) is 14.0.